The molecule has 1 aliphatic carbocycles. The van der Waals surface area contributed by atoms with Crippen LogP contribution >= 0.6 is 0 Å². The van der Waals surface area contributed by atoms with Crippen LogP contribution in [0.2, 0.25) is 0 Å². The number of carbonyl (C=O) groups is 2. The van der Waals surface area contributed by atoms with Crippen molar-refractivity contribution in [1.29, 1.82) is 0 Å². The second-order valence-electron chi connectivity index (χ2n) is 7.58. The predicted molar refractivity (Wildman–Crippen MR) is 87.1 cm³/mol. The van der Waals surface area contributed by atoms with Crippen LogP contribution in [0.3, 0.4) is 0 Å². The summed E-state index contributed by atoms with van der Waals surface area (Å²) in [6, 6.07) is -0.663. The SMILES string of the molecule is CCN1CC2(CC(NC(=O)[C@@H]3CC[C@@H]4CN3C(=O)N4O[SH]=O)C2)C1. The number of carbonyl (C=O) groups excluding carboxylic acids is 2. The molecule has 0 aromatic rings. The lowest BCUT2D eigenvalue weighted by Crippen LogP contribution is -2.67. The van der Waals surface area contributed by atoms with E-state index in [1.54, 1.807) is 4.90 Å². The van der Waals surface area contributed by atoms with Crippen LogP contribution in [-0.4, -0.2) is 75.3 Å². The molecule has 2 atom stereocenters. The highest BCUT2D eigenvalue weighted by atomic mass is 32.2. The van der Waals surface area contributed by atoms with Crippen LogP contribution in [0.25, 0.3) is 0 Å². The Labute approximate surface area is 145 Å². The van der Waals surface area contributed by atoms with Crippen molar-refractivity contribution in [3.8, 4) is 0 Å². The van der Waals surface area contributed by atoms with Gasteiger partial charge in [-0.25, -0.2) is 9.00 Å². The van der Waals surface area contributed by atoms with Gasteiger partial charge in [-0.1, -0.05) is 6.92 Å². The summed E-state index contributed by atoms with van der Waals surface area (Å²) in [5, 5.41) is 4.27. The maximum absolute atomic E-state index is 12.6. The molecule has 1 N–H and O–H groups in total. The van der Waals surface area contributed by atoms with Crippen LogP contribution in [0.15, 0.2) is 0 Å². The van der Waals surface area contributed by atoms with Crippen molar-refractivity contribution in [2.24, 2.45) is 5.41 Å². The summed E-state index contributed by atoms with van der Waals surface area (Å²) in [4.78, 5) is 28.9. The Morgan fingerprint density at radius 3 is 2.79 bits per heavy atom. The number of hydrogen-bond acceptors (Lipinski definition) is 5. The average molecular weight is 356 g/mol. The number of hydrogen-bond donors (Lipinski definition) is 2. The molecule has 8 nitrogen and oxygen atoms in total. The lowest BCUT2D eigenvalue weighted by atomic mass is 9.60. The summed E-state index contributed by atoms with van der Waals surface area (Å²) in [5.41, 5.74) is 0.424. The first-order valence-corrected chi connectivity index (χ1v) is 9.40. The molecule has 24 heavy (non-hydrogen) atoms. The topological polar surface area (TPSA) is 82.2 Å². The van der Waals surface area contributed by atoms with Gasteiger partial charge in [0.15, 0.2) is 11.9 Å². The highest BCUT2D eigenvalue weighted by Gasteiger charge is 2.53. The highest BCUT2D eigenvalue weighted by Crippen LogP contribution is 2.48. The minimum absolute atomic E-state index is 0.0603. The molecule has 2 bridgehead atoms. The molecule has 3 saturated heterocycles. The summed E-state index contributed by atoms with van der Waals surface area (Å²) < 4.78 is 15.5. The van der Waals surface area contributed by atoms with Crippen LogP contribution in [-0.2, 0) is 21.0 Å². The van der Waals surface area contributed by atoms with Gasteiger partial charge in [-0.15, -0.1) is 0 Å². The van der Waals surface area contributed by atoms with Crippen molar-refractivity contribution in [1.82, 2.24) is 20.2 Å². The summed E-state index contributed by atoms with van der Waals surface area (Å²) >= 11 is -0.542. The van der Waals surface area contributed by atoms with E-state index in [1.807, 2.05) is 0 Å². The molecule has 0 aromatic carbocycles. The molecule has 134 valence electrons. The fourth-order valence-corrected chi connectivity index (χ4v) is 5.09. The average Bonchev–Trinajstić information content (AvgIpc) is 2.73. The number of nitrogens with zero attached hydrogens (tertiary/aromatic N) is 3. The Morgan fingerprint density at radius 2 is 2.12 bits per heavy atom. The van der Waals surface area contributed by atoms with Crippen LogP contribution in [0.1, 0.15) is 32.6 Å². The van der Waals surface area contributed by atoms with E-state index in [2.05, 4.69) is 17.1 Å². The number of nitrogens with one attached hydrogen (secondary N) is 1. The molecular formula is C15H24N4O4S. The van der Waals surface area contributed by atoms with Crippen molar-refractivity contribution >= 4 is 23.9 Å². The minimum atomic E-state index is -0.542. The molecule has 3 amide bonds. The molecular weight excluding hydrogens is 332 g/mol. The molecule has 1 spiro atoms. The third kappa shape index (κ3) is 2.53. The van der Waals surface area contributed by atoms with Crippen molar-refractivity contribution < 1.29 is 18.1 Å². The van der Waals surface area contributed by atoms with Gasteiger partial charge in [0.05, 0.1) is 6.04 Å². The van der Waals surface area contributed by atoms with E-state index < -0.39 is 18.0 Å². The number of rotatable bonds is 5. The minimum Gasteiger partial charge on any atom is -0.352 e. The molecule has 3 aliphatic heterocycles. The second kappa shape index (κ2) is 5.96. The number of hydroxylamine groups is 2. The second-order valence-corrected chi connectivity index (χ2v) is 7.89. The zero-order valence-corrected chi connectivity index (χ0v) is 14.7. The van der Waals surface area contributed by atoms with E-state index in [0.29, 0.717) is 24.8 Å². The van der Waals surface area contributed by atoms with E-state index in [-0.39, 0.29) is 24.0 Å². The van der Waals surface area contributed by atoms with Crippen LogP contribution in [0, 0.1) is 5.41 Å². The summed E-state index contributed by atoms with van der Waals surface area (Å²) in [6.07, 6.45) is 3.40. The monoisotopic (exact) mass is 356 g/mol. The van der Waals surface area contributed by atoms with Gasteiger partial charge in [-0.05, 0) is 37.6 Å². The Hall–Kier alpha value is -1.19. The fourth-order valence-electron chi connectivity index (χ4n) is 4.82. The zero-order valence-electron chi connectivity index (χ0n) is 13.8. The Balaban J connectivity index is 1.30. The molecule has 4 fully saturated rings. The molecule has 0 unspecified atom stereocenters. The molecule has 9 heteroatoms. The van der Waals surface area contributed by atoms with Gasteiger partial charge in [0.1, 0.15) is 6.04 Å². The van der Waals surface area contributed by atoms with Crippen molar-refractivity contribution in [3.63, 3.8) is 0 Å². The molecule has 4 rings (SSSR count). The quantitative estimate of drug-likeness (QED) is 0.658. The Bertz CT molecular complexity index is 560. The smallest absolute Gasteiger partial charge is 0.346 e. The maximum Gasteiger partial charge on any atom is 0.346 e. The van der Waals surface area contributed by atoms with Crippen molar-refractivity contribution in [2.45, 2.75) is 50.7 Å². The number of thiol groups is 1. The van der Waals surface area contributed by atoms with E-state index >= 15 is 0 Å². The summed E-state index contributed by atoms with van der Waals surface area (Å²) in [6.45, 7) is 6.03. The first kappa shape index (κ1) is 16.3. The third-order valence-corrected chi connectivity index (χ3v) is 6.26. The summed E-state index contributed by atoms with van der Waals surface area (Å²) in [5.74, 6) is -0.0603. The van der Waals surface area contributed by atoms with Gasteiger partial charge in [0.2, 0.25) is 5.91 Å². The van der Waals surface area contributed by atoms with Gasteiger partial charge >= 0.3 is 6.03 Å². The van der Waals surface area contributed by atoms with E-state index in [0.717, 1.165) is 37.5 Å². The van der Waals surface area contributed by atoms with E-state index in [4.69, 9.17) is 4.28 Å². The molecule has 0 aromatic heterocycles. The third-order valence-electron chi connectivity index (χ3n) is 6.02. The number of piperidine rings is 1. The van der Waals surface area contributed by atoms with Gasteiger partial charge in [0, 0.05) is 25.7 Å². The normalized spacial score (nSPS) is 32.0. The van der Waals surface area contributed by atoms with Crippen LogP contribution < -0.4 is 5.32 Å². The van der Waals surface area contributed by atoms with Gasteiger partial charge < -0.3 is 15.1 Å². The lowest BCUT2D eigenvalue weighted by molar-refractivity contribution is -0.131. The van der Waals surface area contributed by atoms with E-state index in [9.17, 15) is 13.8 Å². The Morgan fingerprint density at radius 1 is 1.38 bits per heavy atom. The number of urea groups is 1. The fraction of sp³-hybridized carbons (Fsp3) is 0.867. The summed E-state index contributed by atoms with van der Waals surface area (Å²) in [7, 11) is 0. The highest BCUT2D eigenvalue weighted by molar-refractivity contribution is 7.60. The largest absolute Gasteiger partial charge is 0.352 e. The maximum atomic E-state index is 12.6. The number of likely N-dealkylation sites (tertiary alicyclic amines) is 1. The van der Waals surface area contributed by atoms with Crippen molar-refractivity contribution in [3.05, 3.63) is 0 Å². The first-order chi connectivity index (χ1) is 11.5. The standard InChI is InChI=1S/C15H24N4O4S/c1-2-17-8-15(9-17)5-10(6-15)16-13(20)12-4-3-11-7-18(12)14(21)19(11)23-24-22/h10-12,24H,2-9H2,1H3,(H,16,20)/t11-,12+/m1/s1. The molecule has 4 aliphatic rings. The van der Waals surface area contributed by atoms with Gasteiger partial charge in [-0.2, -0.15) is 9.35 Å². The molecule has 3 heterocycles. The van der Waals surface area contributed by atoms with Crippen LogP contribution in [0.4, 0.5) is 4.79 Å². The predicted octanol–water partition coefficient (Wildman–Crippen LogP) is -0.353. The van der Waals surface area contributed by atoms with E-state index in [1.165, 1.54) is 0 Å². The van der Waals surface area contributed by atoms with Crippen molar-refractivity contribution in [2.75, 3.05) is 26.2 Å². The number of fused-ring (bicyclic) bond motifs is 2. The first-order valence-electron chi connectivity index (χ1n) is 8.67. The number of amides is 3. The molecule has 0 radical (unpaired) electrons. The Kier molecular flexibility index (Phi) is 4.04. The lowest BCUT2D eigenvalue weighted by Gasteiger charge is -2.59. The van der Waals surface area contributed by atoms with Crippen LogP contribution in [0.5, 0.6) is 0 Å². The zero-order chi connectivity index (χ0) is 16.9. The van der Waals surface area contributed by atoms with Gasteiger partial charge in [0.25, 0.3) is 0 Å². The van der Waals surface area contributed by atoms with Gasteiger partial charge in [-0.3, -0.25) is 4.79 Å². The molecule has 1 saturated carbocycles.